The number of halogens is 1. The van der Waals surface area contributed by atoms with Crippen LogP contribution in [0.1, 0.15) is 29.5 Å². The maximum atomic E-state index is 10.6. The van der Waals surface area contributed by atoms with Crippen molar-refractivity contribution in [3.05, 3.63) is 34.9 Å². The molecule has 16 heavy (non-hydrogen) atoms. The summed E-state index contributed by atoms with van der Waals surface area (Å²) >= 11 is 0. The lowest BCUT2D eigenvalue weighted by Crippen LogP contribution is -2.40. The lowest BCUT2D eigenvalue weighted by atomic mass is 9.82. The first kappa shape index (κ1) is 13.5. The van der Waals surface area contributed by atoms with Gasteiger partial charge in [0.25, 0.3) is 0 Å². The molecule has 1 heterocycles. The summed E-state index contributed by atoms with van der Waals surface area (Å²) in [7, 11) is 0. The number of hydrogen-bond donors (Lipinski definition) is 2. The van der Waals surface area contributed by atoms with Crippen LogP contribution in [-0.2, 0) is 5.60 Å². The molecule has 0 spiro atoms. The molecule has 2 N–H and O–H groups in total. The van der Waals surface area contributed by atoms with Crippen LogP contribution >= 0.6 is 12.4 Å². The molecule has 2 nitrogen and oxygen atoms in total. The first-order valence-corrected chi connectivity index (χ1v) is 5.63. The van der Waals surface area contributed by atoms with E-state index in [-0.39, 0.29) is 12.4 Å². The summed E-state index contributed by atoms with van der Waals surface area (Å²) in [5.41, 5.74) is 3.01. The summed E-state index contributed by atoms with van der Waals surface area (Å²) in [4.78, 5) is 0. The molecular weight excluding hydrogens is 222 g/mol. The third-order valence-electron chi connectivity index (χ3n) is 3.54. The van der Waals surface area contributed by atoms with E-state index in [9.17, 15) is 5.11 Å². The van der Waals surface area contributed by atoms with Crippen LogP contribution in [0.5, 0.6) is 0 Å². The van der Waals surface area contributed by atoms with Crippen molar-refractivity contribution in [3.63, 3.8) is 0 Å². The molecule has 1 aromatic rings. The molecule has 0 unspecified atom stereocenters. The van der Waals surface area contributed by atoms with Crippen LogP contribution in [0.3, 0.4) is 0 Å². The van der Waals surface area contributed by atoms with Crippen molar-refractivity contribution in [1.29, 1.82) is 0 Å². The number of hydrogen-bond acceptors (Lipinski definition) is 2. The third-order valence-corrected chi connectivity index (χ3v) is 3.54. The quantitative estimate of drug-likeness (QED) is 0.791. The van der Waals surface area contributed by atoms with Crippen LogP contribution in [0.2, 0.25) is 0 Å². The van der Waals surface area contributed by atoms with E-state index in [1.54, 1.807) is 0 Å². The van der Waals surface area contributed by atoms with E-state index in [0.717, 1.165) is 31.5 Å². The van der Waals surface area contributed by atoms with Crippen LogP contribution in [0.15, 0.2) is 18.2 Å². The van der Waals surface area contributed by atoms with Gasteiger partial charge < -0.3 is 10.4 Å². The van der Waals surface area contributed by atoms with E-state index in [1.807, 2.05) is 6.07 Å². The summed E-state index contributed by atoms with van der Waals surface area (Å²) in [5, 5.41) is 13.9. The van der Waals surface area contributed by atoms with E-state index < -0.39 is 5.60 Å². The second kappa shape index (κ2) is 5.17. The molecular formula is C13H20ClNO. The molecule has 1 aliphatic heterocycles. The predicted molar refractivity (Wildman–Crippen MR) is 69.2 cm³/mol. The maximum absolute atomic E-state index is 10.6. The Labute approximate surface area is 103 Å². The van der Waals surface area contributed by atoms with E-state index in [2.05, 4.69) is 31.3 Å². The molecule has 0 bridgehead atoms. The van der Waals surface area contributed by atoms with Crippen LogP contribution in [-0.4, -0.2) is 18.2 Å². The molecule has 1 saturated heterocycles. The lowest BCUT2D eigenvalue weighted by Gasteiger charge is -2.34. The molecule has 1 fully saturated rings. The van der Waals surface area contributed by atoms with E-state index in [1.165, 1.54) is 11.1 Å². The molecule has 0 saturated carbocycles. The van der Waals surface area contributed by atoms with Crippen molar-refractivity contribution in [2.75, 3.05) is 13.1 Å². The number of aryl methyl sites for hydroxylation is 1. The van der Waals surface area contributed by atoms with Crippen molar-refractivity contribution in [3.8, 4) is 0 Å². The van der Waals surface area contributed by atoms with Crippen molar-refractivity contribution >= 4 is 12.4 Å². The standard InChI is InChI=1S/C13H19NO.ClH/c1-10-4-3-5-12(11(10)2)13(15)6-8-14-9-7-13;/h3-5,14-15H,6-9H2,1-2H3;1H. The minimum absolute atomic E-state index is 0. The Bertz CT molecular complexity index is 359. The second-order valence-corrected chi connectivity index (χ2v) is 4.53. The molecule has 0 atom stereocenters. The second-order valence-electron chi connectivity index (χ2n) is 4.53. The van der Waals surface area contributed by atoms with Gasteiger partial charge in [-0.3, -0.25) is 0 Å². The zero-order chi connectivity index (χ0) is 10.9. The molecule has 0 aromatic heterocycles. The molecule has 3 heteroatoms. The number of benzene rings is 1. The Hall–Kier alpha value is -0.570. The minimum atomic E-state index is -0.610. The first-order chi connectivity index (χ1) is 7.13. The molecule has 2 rings (SSSR count). The highest BCUT2D eigenvalue weighted by Gasteiger charge is 2.32. The first-order valence-electron chi connectivity index (χ1n) is 5.63. The van der Waals surface area contributed by atoms with Gasteiger partial charge in [-0.05, 0) is 56.5 Å². The fourth-order valence-corrected chi connectivity index (χ4v) is 2.36. The Balaban J connectivity index is 0.00000128. The van der Waals surface area contributed by atoms with Gasteiger partial charge in [0.2, 0.25) is 0 Å². The van der Waals surface area contributed by atoms with Gasteiger partial charge in [-0.25, -0.2) is 0 Å². The monoisotopic (exact) mass is 241 g/mol. The predicted octanol–water partition coefficient (Wildman–Crippen LogP) is 2.30. The molecule has 90 valence electrons. The number of aliphatic hydroxyl groups is 1. The van der Waals surface area contributed by atoms with Gasteiger partial charge in [0.1, 0.15) is 0 Å². The van der Waals surface area contributed by atoms with Crippen LogP contribution < -0.4 is 5.32 Å². The SMILES string of the molecule is Cc1cccc(C2(O)CCNCC2)c1C.Cl. The Morgan fingerprint density at radius 2 is 1.81 bits per heavy atom. The summed E-state index contributed by atoms with van der Waals surface area (Å²) in [6.07, 6.45) is 1.63. The number of piperidine rings is 1. The highest BCUT2D eigenvalue weighted by molar-refractivity contribution is 5.85. The Morgan fingerprint density at radius 1 is 1.19 bits per heavy atom. The van der Waals surface area contributed by atoms with Crippen molar-refractivity contribution in [2.24, 2.45) is 0 Å². The molecule has 0 radical (unpaired) electrons. The summed E-state index contributed by atoms with van der Waals surface area (Å²) < 4.78 is 0. The van der Waals surface area contributed by atoms with Crippen LogP contribution in [0.25, 0.3) is 0 Å². The third kappa shape index (κ3) is 2.40. The fraction of sp³-hybridized carbons (Fsp3) is 0.538. The largest absolute Gasteiger partial charge is 0.385 e. The lowest BCUT2D eigenvalue weighted by molar-refractivity contribution is 0.00533. The Morgan fingerprint density at radius 3 is 2.44 bits per heavy atom. The zero-order valence-electron chi connectivity index (χ0n) is 9.92. The normalized spacial score (nSPS) is 18.9. The van der Waals surface area contributed by atoms with E-state index >= 15 is 0 Å². The molecule has 1 aromatic carbocycles. The Kier molecular flexibility index (Phi) is 4.36. The van der Waals surface area contributed by atoms with E-state index in [0.29, 0.717) is 0 Å². The summed E-state index contributed by atoms with van der Waals surface area (Å²) in [6.45, 7) is 6.02. The number of rotatable bonds is 1. The van der Waals surface area contributed by atoms with Gasteiger partial charge in [-0.2, -0.15) is 0 Å². The van der Waals surface area contributed by atoms with Crippen molar-refractivity contribution in [2.45, 2.75) is 32.3 Å². The topological polar surface area (TPSA) is 32.3 Å². The smallest absolute Gasteiger partial charge is 0.0923 e. The summed E-state index contributed by atoms with van der Waals surface area (Å²) in [5.74, 6) is 0. The van der Waals surface area contributed by atoms with E-state index in [4.69, 9.17) is 0 Å². The summed E-state index contributed by atoms with van der Waals surface area (Å²) in [6, 6.07) is 6.20. The fourth-order valence-electron chi connectivity index (χ4n) is 2.36. The zero-order valence-corrected chi connectivity index (χ0v) is 10.7. The van der Waals surface area contributed by atoms with Gasteiger partial charge in [0.05, 0.1) is 5.60 Å². The van der Waals surface area contributed by atoms with Gasteiger partial charge in [0, 0.05) is 0 Å². The van der Waals surface area contributed by atoms with Crippen LogP contribution in [0.4, 0.5) is 0 Å². The van der Waals surface area contributed by atoms with Gasteiger partial charge in [-0.1, -0.05) is 18.2 Å². The minimum Gasteiger partial charge on any atom is -0.385 e. The maximum Gasteiger partial charge on any atom is 0.0923 e. The highest BCUT2D eigenvalue weighted by atomic mass is 35.5. The molecule has 0 aliphatic carbocycles. The average molecular weight is 242 g/mol. The average Bonchev–Trinajstić information content (AvgIpc) is 2.23. The molecule has 1 aliphatic rings. The van der Waals surface area contributed by atoms with Crippen LogP contribution in [0, 0.1) is 13.8 Å². The van der Waals surface area contributed by atoms with Gasteiger partial charge in [0.15, 0.2) is 0 Å². The van der Waals surface area contributed by atoms with Crippen molar-refractivity contribution in [1.82, 2.24) is 5.32 Å². The van der Waals surface area contributed by atoms with Gasteiger partial charge >= 0.3 is 0 Å². The van der Waals surface area contributed by atoms with Crippen molar-refractivity contribution < 1.29 is 5.11 Å². The number of nitrogens with one attached hydrogen (secondary N) is 1. The van der Waals surface area contributed by atoms with Gasteiger partial charge in [-0.15, -0.1) is 12.4 Å². The highest BCUT2D eigenvalue weighted by Crippen LogP contribution is 2.33. The molecule has 0 amide bonds.